The lowest BCUT2D eigenvalue weighted by Crippen LogP contribution is -2.27. The number of rotatable bonds is 5. The van der Waals surface area contributed by atoms with Crippen molar-refractivity contribution in [2.75, 3.05) is 18.3 Å². The van der Waals surface area contributed by atoms with Crippen molar-refractivity contribution < 1.29 is 19.0 Å². The second-order valence-electron chi connectivity index (χ2n) is 5.97. The fraction of sp³-hybridized carbons (Fsp3) is 0.200. The summed E-state index contributed by atoms with van der Waals surface area (Å²) < 4.78 is 16.8. The Kier molecular flexibility index (Phi) is 5.05. The molecule has 2 heterocycles. The molecule has 0 unspecified atom stereocenters. The molecule has 2 aromatic carbocycles. The third-order valence-electron chi connectivity index (χ3n) is 4.06. The van der Waals surface area contributed by atoms with E-state index in [1.807, 2.05) is 30.3 Å². The molecule has 7 heteroatoms. The number of nitrogens with zero attached hydrogens (tertiary/aromatic N) is 1. The molecule has 0 spiro atoms. The molecule has 2 aliphatic rings. The molecule has 0 atom stereocenters. The topological polar surface area (TPSA) is 48.0 Å². The number of anilines is 1. The second-order valence-corrected chi connectivity index (χ2v) is 7.65. The molecule has 0 aliphatic carbocycles. The minimum Gasteiger partial charge on any atom is -0.494 e. The molecule has 0 aromatic heterocycles. The number of amides is 1. The van der Waals surface area contributed by atoms with Gasteiger partial charge in [-0.1, -0.05) is 43.0 Å². The van der Waals surface area contributed by atoms with Crippen LogP contribution in [0.4, 0.5) is 5.69 Å². The van der Waals surface area contributed by atoms with Crippen molar-refractivity contribution in [3.8, 4) is 17.2 Å². The van der Waals surface area contributed by atoms with Gasteiger partial charge in [0, 0.05) is 6.07 Å². The molecule has 4 rings (SSSR count). The van der Waals surface area contributed by atoms with Gasteiger partial charge in [-0.3, -0.25) is 9.69 Å². The van der Waals surface area contributed by atoms with Crippen LogP contribution in [0.5, 0.6) is 17.2 Å². The number of fused-ring (bicyclic) bond motifs is 1. The van der Waals surface area contributed by atoms with Gasteiger partial charge in [-0.05, 0) is 42.3 Å². The Morgan fingerprint density at radius 2 is 1.96 bits per heavy atom. The predicted molar refractivity (Wildman–Crippen MR) is 110 cm³/mol. The standard InChI is InChI=1S/C20H17NO4S2/c1-2-9-23-15-6-3-13(4-7-15)10-18-19(22)21(20(26)27-18)14-5-8-16-17(11-14)25-12-24-16/h3-8,10-11H,2,9,12H2,1H3/b18-10-. The van der Waals surface area contributed by atoms with Crippen LogP contribution in [-0.2, 0) is 4.79 Å². The molecule has 0 saturated carbocycles. The molecule has 138 valence electrons. The number of carbonyl (C=O) groups is 1. The number of hydrogen-bond donors (Lipinski definition) is 0. The van der Waals surface area contributed by atoms with E-state index < -0.39 is 0 Å². The van der Waals surface area contributed by atoms with E-state index in [0.29, 0.717) is 33.0 Å². The summed E-state index contributed by atoms with van der Waals surface area (Å²) in [6, 6.07) is 13.0. The zero-order valence-electron chi connectivity index (χ0n) is 14.6. The van der Waals surface area contributed by atoms with Crippen LogP contribution in [0.3, 0.4) is 0 Å². The van der Waals surface area contributed by atoms with Crippen LogP contribution in [-0.4, -0.2) is 23.6 Å². The highest BCUT2D eigenvalue weighted by atomic mass is 32.2. The van der Waals surface area contributed by atoms with E-state index in [1.165, 1.54) is 16.7 Å². The van der Waals surface area contributed by atoms with Crippen LogP contribution in [0.2, 0.25) is 0 Å². The lowest BCUT2D eigenvalue weighted by molar-refractivity contribution is -0.113. The van der Waals surface area contributed by atoms with E-state index in [0.717, 1.165) is 17.7 Å². The van der Waals surface area contributed by atoms with E-state index in [1.54, 1.807) is 18.2 Å². The van der Waals surface area contributed by atoms with Gasteiger partial charge in [0.2, 0.25) is 6.79 Å². The maximum absolute atomic E-state index is 12.9. The fourth-order valence-electron chi connectivity index (χ4n) is 2.75. The molecular formula is C20H17NO4S2. The predicted octanol–water partition coefficient (Wildman–Crippen LogP) is 4.61. The largest absolute Gasteiger partial charge is 0.494 e. The average Bonchev–Trinajstić information content (AvgIpc) is 3.25. The summed E-state index contributed by atoms with van der Waals surface area (Å²) in [7, 11) is 0. The Morgan fingerprint density at radius 3 is 2.74 bits per heavy atom. The Labute approximate surface area is 166 Å². The lowest BCUT2D eigenvalue weighted by atomic mass is 10.2. The second kappa shape index (κ2) is 7.62. The van der Waals surface area contributed by atoms with Crippen molar-refractivity contribution in [2.45, 2.75) is 13.3 Å². The lowest BCUT2D eigenvalue weighted by Gasteiger charge is -2.14. The Morgan fingerprint density at radius 1 is 1.19 bits per heavy atom. The first-order valence-corrected chi connectivity index (χ1v) is 9.78. The highest BCUT2D eigenvalue weighted by Crippen LogP contribution is 2.40. The van der Waals surface area contributed by atoms with Gasteiger partial charge in [0.25, 0.3) is 5.91 Å². The number of carbonyl (C=O) groups excluding carboxylic acids is 1. The maximum atomic E-state index is 12.9. The van der Waals surface area contributed by atoms with Gasteiger partial charge in [0.15, 0.2) is 15.8 Å². The monoisotopic (exact) mass is 399 g/mol. The van der Waals surface area contributed by atoms with Crippen molar-refractivity contribution in [1.29, 1.82) is 0 Å². The molecule has 2 aromatic rings. The summed E-state index contributed by atoms with van der Waals surface area (Å²) in [5.74, 6) is 1.97. The summed E-state index contributed by atoms with van der Waals surface area (Å²) in [5.41, 5.74) is 1.60. The van der Waals surface area contributed by atoms with Crippen molar-refractivity contribution in [1.82, 2.24) is 0 Å². The van der Waals surface area contributed by atoms with Crippen LogP contribution in [0, 0.1) is 0 Å². The number of thioether (sulfide) groups is 1. The van der Waals surface area contributed by atoms with Gasteiger partial charge in [-0.25, -0.2) is 0 Å². The normalized spacial score (nSPS) is 17.1. The number of thiocarbonyl (C=S) groups is 1. The quantitative estimate of drug-likeness (QED) is 0.541. The van der Waals surface area contributed by atoms with Crippen molar-refractivity contribution in [3.05, 3.63) is 52.9 Å². The SMILES string of the molecule is CCCOc1ccc(/C=C2\SC(=S)N(c3ccc4c(c3)OCO4)C2=O)cc1. The van der Waals surface area contributed by atoms with E-state index in [9.17, 15) is 4.79 Å². The molecule has 1 amide bonds. The van der Waals surface area contributed by atoms with E-state index in [4.69, 9.17) is 26.4 Å². The average molecular weight is 399 g/mol. The van der Waals surface area contributed by atoms with Crippen molar-refractivity contribution >= 4 is 46.0 Å². The number of benzene rings is 2. The fourth-order valence-corrected chi connectivity index (χ4v) is 4.05. The van der Waals surface area contributed by atoms with Crippen LogP contribution in [0.1, 0.15) is 18.9 Å². The Bertz CT molecular complexity index is 924. The van der Waals surface area contributed by atoms with Crippen LogP contribution in [0.15, 0.2) is 47.4 Å². The first-order chi connectivity index (χ1) is 13.2. The molecule has 1 fully saturated rings. The highest BCUT2D eigenvalue weighted by Gasteiger charge is 2.34. The molecule has 27 heavy (non-hydrogen) atoms. The Hall–Kier alpha value is -2.51. The van der Waals surface area contributed by atoms with E-state index in [2.05, 4.69) is 6.92 Å². The van der Waals surface area contributed by atoms with Crippen LogP contribution >= 0.6 is 24.0 Å². The minimum atomic E-state index is -0.143. The van der Waals surface area contributed by atoms with Crippen molar-refractivity contribution in [2.24, 2.45) is 0 Å². The molecule has 2 aliphatic heterocycles. The summed E-state index contributed by atoms with van der Waals surface area (Å²) in [6.07, 6.45) is 2.81. The Balaban J connectivity index is 1.54. The number of hydrogen-bond acceptors (Lipinski definition) is 6. The summed E-state index contributed by atoms with van der Waals surface area (Å²) in [5, 5.41) is 0. The molecule has 0 radical (unpaired) electrons. The first kappa shape index (κ1) is 17.9. The van der Waals surface area contributed by atoms with Gasteiger partial charge < -0.3 is 14.2 Å². The van der Waals surface area contributed by atoms with Gasteiger partial charge in [0.05, 0.1) is 17.2 Å². The smallest absolute Gasteiger partial charge is 0.270 e. The molecule has 0 bridgehead atoms. The summed E-state index contributed by atoms with van der Waals surface area (Å²) in [6.45, 7) is 2.94. The first-order valence-electron chi connectivity index (χ1n) is 8.56. The highest BCUT2D eigenvalue weighted by molar-refractivity contribution is 8.27. The van der Waals surface area contributed by atoms with Gasteiger partial charge in [-0.2, -0.15) is 0 Å². The third-order valence-corrected chi connectivity index (χ3v) is 5.36. The third kappa shape index (κ3) is 3.65. The molecular weight excluding hydrogens is 382 g/mol. The maximum Gasteiger partial charge on any atom is 0.270 e. The molecule has 0 N–H and O–H groups in total. The number of ether oxygens (including phenoxy) is 3. The van der Waals surface area contributed by atoms with E-state index in [-0.39, 0.29) is 12.7 Å². The van der Waals surface area contributed by atoms with Gasteiger partial charge in [0.1, 0.15) is 5.75 Å². The minimum absolute atomic E-state index is 0.143. The molecule has 5 nitrogen and oxygen atoms in total. The van der Waals surface area contributed by atoms with Crippen LogP contribution < -0.4 is 19.1 Å². The zero-order valence-corrected chi connectivity index (χ0v) is 16.3. The van der Waals surface area contributed by atoms with Crippen LogP contribution in [0.25, 0.3) is 6.08 Å². The van der Waals surface area contributed by atoms with Gasteiger partial charge >= 0.3 is 0 Å². The molecule has 1 saturated heterocycles. The zero-order chi connectivity index (χ0) is 18.8. The summed E-state index contributed by atoms with van der Waals surface area (Å²) >= 11 is 6.71. The van der Waals surface area contributed by atoms with Crippen molar-refractivity contribution in [3.63, 3.8) is 0 Å². The van der Waals surface area contributed by atoms with Gasteiger partial charge in [-0.15, -0.1) is 0 Å². The van der Waals surface area contributed by atoms with E-state index >= 15 is 0 Å². The summed E-state index contributed by atoms with van der Waals surface area (Å²) in [4.78, 5) is 15.0.